The van der Waals surface area contributed by atoms with Crippen molar-refractivity contribution >= 4 is 22.6 Å². The summed E-state index contributed by atoms with van der Waals surface area (Å²) in [6.07, 6.45) is 3.60. The number of nitriles is 2. The number of carbonyl (C=O) groups is 1. The number of aromatic nitrogens is 2. The molecule has 1 aliphatic rings. The highest BCUT2D eigenvalue weighted by Gasteiger charge is 2.36. The smallest absolute Gasteiger partial charge is 0.257 e. The third-order valence-corrected chi connectivity index (χ3v) is 5.96. The van der Waals surface area contributed by atoms with Gasteiger partial charge in [0, 0.05) is 23.7 Å². The number of anilines is 1. The summed E-state index contributed by atoms with van der Waals surface area (Å²) in [6.45, 7) is 1.91. The average molecular weight is 428 g/mol. The molecule has 2 N–H and O–H groups in total. The van der Waals surface area contributed by atoms with Crippen molar-refractivity contribution in [2.24, 2.45) is 5.92 Å². The van der Waals surface area contributed by atoms with E-state index in [1.54, 1.807) is 25.1 Å². The summed E-state index contributed by atoms with van der Waals surface area (Å²) < 4.78 is 15.0. The van der Waals surface area contributed by atoms with Crippen LogP contribution in [0.25, 0.3) is 10.9 Å². The van der Waals surface area contributed by atoms with E-state index in [2.05, 4.69) is 16.0 Å². The fourth-order valence-electron chi connectivity index (χ4n) is 4.20. The van der Waals surface area contributed by atoms with E-state index in [1.807, 2.05) is 6.07 Å². The van der Waals surface area contributed by atoms with E-state index in [4.69, 9.17) is 11.0 Å². The van der Waals surface area contributed by atoms with Gasteiger partial charge in [-0.25, -0.2) is 9.37 Å². The number of nitrogens with zero attached hydrogens (tertiary/aromatic N) is 5. The number of nitrogens with two attached hydrogens (primary N) is 1. The Hall–Kier alpha value is -4.04. The van der Waals surface area contributed by atoms with E-state index in [1.165, 1.54) is 23.2 Å². The van der Waals surface area contributed by atoms with Crippen LogP contribution in [0.2, 0.25) is 0 Å². The van der Waals surface area contributed by atoms with Crippen LogP contribution in [0, 0.1) is 41.3 Å². The monoisotopic (exact) mass is 428 g/mol. The van der Waals surface area contributed by atoms with Gasteiger partial charge in [-0.15, -0.1) is 0 Å². The SMILES string of the molecule is Cc1cc2cc(C(=O)N(Cc3ccc(C#N)cn3)[C@@H]3CCC[C@@H]3C#N)c(F)cc2nc1N. The minimum atomic E-state index is -0.692. The van der Waals surface area contributed by atoms with Gasteiger partial charge < -0.3 is 10.6 Å². The van der Waals surface area contributed by atoms with Gasteiger partial charge in [-0.05, 0) is 56.0 Å². The number of halogens is 1. The first-order chi connectivity index (χ1) is 15.4. The molecule has 2 atom stereocenters. The Balaban J connectivity index is 1.75. The van der Waals surface area contributed by atoms with E-state index in [9.17, 15) is 10.1 Å². The molecule has 3 aromatic rings. The fraction of sp³-hybridized carbons (Fsp3) is 0.292. The zero-order valence-electron chi connectivity index (χ0n) is 17.5. The molecule has 0 radical (unpaired) electrons. The molecule has 1 fully saturated rings. The molecule has 32 heavy (non-hydrogen) atoms. The van der Waals surface area contributed by atoms with Crippen LogP contribution in [-0.4, -0.2) is 26.8 Å². The lowest BCUT2D eigenvalue weighted by Crippen LogP contribution is -2.42. The number of rotatable bonds is 4. The molecule has 1 aromatic carbocycles. The minimum Gasteiger partial charge on any atom is -0.383 e. The van der Waals surface area contributed by atoms with Gasteiger partial charge in [0.15, 0.2) is 0 Å². The zero-order chi connectivity index (χ0) is 22.8. The molecule has 0 unspecified atom stereocenters. The van der Waals surface area contributed by atoms with Gasteiger partial charge in [-0.2, -0.15) is 10.5 Å². The molecule has 7 nitrogen and oxygen atoms in total. The average Bonchev–Trinajstić information content (AvgIpc) is 3.27. The van der Waals surface area contributed by atoms with Crippen molar-refractivity contribution in [3.8, 4) is 12.1 Å². The van der Waals surface area contributed by atoms with Gasteiger partial charge in [0.2, 0.25) is 0 Å². The Morgan fingerprint density at radius 3 is 2.78 bits per heavy atom. The second-order valence-corrected chi connectivity index (χ2v) is 8.03. The number of aryl methyl sites for hydroxylation is 1. The number of carbonyl (C=O) groups excluding carboxylic acids is 1. The lowest BCUT2D eigenvalue weighted by Gasteiger charge is -2.31. The summed E-state index contributed by atoms with van der Waals surface area (Å²) in [7, 11) is 0. The summed E-state index contributed by atoms with van der Waals surface area (Å²) in [5, 5.41) is 19.2. The molecule has 0 saturated heterocycles. The molecule has 0 bridgehead atoms. The van der Waals surface area contributed by atoms with E-state index in [-0.39, 0.29) is 24.1 Å². The summed E-state index contributed by atoms with van der Waals surface area (Å²) in [5.74, 6) is -1.21. The lowest BCUT2D eigenvalue weighted by atomic mass is 10.0. The maximum atomic E-state index is 15.0. The van der Waals surface area contributed by atoms with Gasteiger partial charge in [0.25, 0.3) is 5.91 Å². The summed E-state index contributed by atoms with van der Waals surface area (Å²) in [4.78, 5) is 23.6. The van der Waals surface area contributed by atoms with Crippen LogP contribution in [0.1, 0.15) is 46.4 Å². The van der Waals surface area contributed by atoms with Crippen LogP contribution in [0.5, 0.6) is 0 Å². The molecule has 2 heterocycles. The number of hydrogen-bond donors (Lipinski definition) is 1. The number of amides is 1. The van der Waals surface area contributed by atoms with Gasteiger partial charge >= 0.3 is 0 Å². The molecule has 1 amide bonds. The van der Waals surface area contributed by atoms with Gasteiger partial charge in [0.05, 0.1) is 40.9 Å². The number of benzene rings is 1. The Kier molecular flexibility index (Phi) is 5.70. The lowest BCUT2D eigenvalue weighted by molar-refractivity contribution is 0.0631. The number of fused-ring (bicyclic) bond motifs is 1. The highest BCUT2D eigenvalue weighted by Crippen LogP contribution is 2.32. The summed E-state index contributed by atoms with van der Waals surface area (Å²) in [5.41, 5.74) is 7.83. The maximum absolute atomic E-state index is 15.0. The maximum Gasteiger partial charge on any atom is 0.257 e. The van der Waals surface area contributed by atoms with Gasteiger partial charge in [-0.3, -0.25) is 9.78 Å². The van der Waals surface area contributed by atoms with Crippen LogP contribution in [0.4, 0.5) is 10.2 Å². The van der Waals surface area contributed by atoms with Crippen molar-refractivity contribution < 1.29 is 9.18 Å². The third kappa shape index (κ3) is 3.95. The number of nitrogen functional groups attached to an aromatic ring is 1. The molecule has 1 aliphatic carbocycles. The first-order valence-electron chi connectivity index (χ1n) is 10.3. The third-order valence-electron chi connectivity index (χ3n) is 5.96. The molecule has 2 aromatic heterocycles. The van der Waals surface area contributed by atoms with Crippen LogP contribution in [0.3, 0.4) is 0 Å². The Labute approximate surface area is 184 Å². The molecule has 0 aliphatic heterocycles. The van der Waals surface area contributed by atoms with Crippen molar-refractivity contribution in [1.82, 2.24) is 14.9 Å². The predicted octanol–water partition coefficient (Wildman–Crippen LogP) is 3.87. The molecule has 1 saturated carbocycles. The van der Waals surface area contributed by atoms with E-state index in [0.717, 1.165) is 12.0 Å². The first kappa shape index (κ1) is 21.2. The second-order valence-electron chi connectivity index (χ2n) is 8.03. The molecular formula is C24H21FN6O. The van der Waals surface area contributed by atoms with E-state index in [0.29, 0.717) is 40.8 Å². The highest BCUT2D eigenvalue weighted by atomic mass is 19.1. The Morgan fingerprint density at radius 2 is 2.09 bits per heavy atom. The Bertz CT molecular complexity index is 1270. The highest BCUT2D eigenvalue weighted by molar-refractivity contribution is 5.98. The van der Waals surface area contributed by atoms with Gasteiger partial charge in [0.1, 0.15) is 17.7 Å². The molecule has 8 heteroatoms. The van der Waals surface area contributed by atoms with E-state index < -0.39 is 11.7 Å². The Morgan fingerprint density at radius 1 is 1.28 bits per heavy atom. The second kappa shape index (κ2) is 8.60. The summed E-state index contributed by atoms with van der Waals surface area (Å²) in [6, 6.07) is 11.7. The molecule has 4 rings (SSSR count). The van der Waals surface area contributed by atoms with E-state index >= 15 is 4.39 Å². The van der Waals surface area contributed by atoms with Crippen molar-refractivity contribution in [3.63, 3.8) is 0 Å². The standard InChI is InChI=1S/C24H21FN6O/c1-14-7-17-8-19(20(25)9-21(17)30-23(14)28)24(32)31(22-4-2-3-16(22)11-27)13-18-6-5-15(10-26)12-29-18/h5-9,12,16,22H,2-4,13H2,1H3,(H2,28,30)/t16-,22-/m1/s1. The topological polar surface area (TPSA) is 120 Å². The van der Waals surface area contributed by atoms with Crippen molar-refractivity contribution in [2.75, 3.05) is 5.73 Å². The first-order valence-corrected chi connectivity index (χ1v) is 10.3. The van der Waals surface area contributed by atoms with Crippen LogP contribution in [-0.2, 0) is 6.54 Å². The predicted molar refractivity (Wildman–Crippen MR) is 116 cm³/mol. The minimum absolute atomic E-state index is 0.0827. The van der Waals surface area contributed by atoms with Crippen molar-refractivity contribution in [3.05, 3.63) is 64.7 Å². The fourth-order valence-corrected chi connectivity index (χ4v) is 4.20. The molecule has 160 valence electrons. The number of hydrogen-bond acceptors (Lipinski definition) is 6. The van der Waals surface area contributed by atoms with Crippen LogP contribution >= 0.6 is 0 Å². The van der Waals surface area contributed by atoms with Crippen molar-refractivity contribution in [1.29, 1.82) is 10.5 Å². The van der Waals surface area contributed by atoms with Crippen LogP contribution < -0.4 is 5.73 Å². The normalized spacial score (nSPS) is 17.6. The van der Waals surface area contributed by atoms with Gasteiger partial charge in [-0.1, -0.05) is 0 Å². The largest absolute Gasteiger partial charge is 0.383 e. The summed E-state index contributed by atoms with van der Waals surface area (Å²) >= 11 is 0. The zero-order valence-corrected chi connectivity index (χ0v) is 17.5. The van der Waals surface area contributed by atoms with Crippen molar-refractivity contribution in [2.45, 2.75) is 38.8 Å². The quantitative estimate of drug-likeness (QED) is 0.674. The number of pyridine rings is 2. The molecular weight excluding hydrogens is 407 g/mol. The van der Waals surface area contributed by atoms with Crippen LogP contribution in [0.15, 0.2) is 36.5 Å². The molecule has 0 spiro atoms.